The number of fused-ring (bicyclic) bond motifs is 1. The number of benzene rings is 1. The number of carbonyl (C=O) groups excluding carboxylic acids is 2. The van der Waals surface area contributed by atoms with E-state index in [4.69, 9.17) is 4.74 Å². The van der Waals surface area contributed by atoms with Crippen molar-refractivity contribution >= 4 is 17.7 Å². The average molecular weight is 424 g/mol. The van der Waals surface area contributed by atoms with E-state index in [1.165, 1.54) is 27.8 Å². The van der Waals surface area contributed by atoms with Crippen LogP contribution >= 0.6 is 0 Å². The van der Waals surface area contributed by atoms with Crippen molar-refractivity contribution in [3.05, 3.63) is 46.8 Å². The van der Waals surface area contributed by atoms with Crippen molar-refractivity contribution < 1.29 is 27.5 Å². The minimum absolute atomic E-state index is 0.0160. The molecule has 0 saturated carbocycles. The Kier molecular flexibility index (Phi) is 5.53. The number of rotatable bonds is 2. The number of anilines is 1. The number of alkyl halides is 3. The monoisotopic (exact) mass is 424 g/mol. The molecule has 30 heavy (non-hydrogen) atoms. The first-order chi connectivity index (χ1) is 13.9. The van der Waals surface area contributed by atoms with Gasteiger partial charge >= 0.3 is 12.3 Å². The molecule has 0 unspecified atom stereocenters. The summed E-state index contributed by atoms with van der Waals surface area (Å²) in [5.41, 5.74) is -0.737. The van der Waals surface area contributed by atoms with Crippen molar-refractivity contribution in [2.75, 3.05) is 11.9 Å². The Balaban J connectivity index is 1.86. The predicted octanol–water partition coefficient (Wildman–Crippen LogP) is 3.98. The number of para-hydroxylation sites is 1. The second kappa shape index (κ2) is 7.66. The van der Waals surface area contributed by atoms with E-state index in [1.807, 2.05) is 0 Å². The van der Waals surface area contributed by atoms with Crippen molar-refractivity contribution in [3.63, 3.8) is 0 Å². The summed E-state index contributed by atoms with van der Waals surface area (Å²) in [4.78, 5) is 26.7. The van der Waals surface area contributed by atoms with E-state index in [9.17, 15) is 22.8 Å². The number of aromatic nitrogens is 2. The lowest BCUT2D eigenvalue weighted by Crippen LogP contribution is -2.40. The number of halogens is 3. The number of amides is 2. The molecular weight excluding hydrogens is 401 g/mol. The Labute approximate surface area is 171 Å². The molecule has 1 aromatic carbocycles. The second-order valence-corrected chi connectivity index (χ2v) is 8.05. The fourth-order valence-electron chi connectivity index (χ4n) is 3.28. The Hall–Kier alpha value is -3.04. The van der Waals surface area contributed by atoms with Crippen LogP contribution in [0.3, 0.4) is 0 Å². The first-order valence-corrected chi connectivity index (χ1v) is 9.37. The van der Waals surface area contributed by atoms with Gasteiger partial charge in [0.15, 0.2) is 5.69 Å². The first-order valence-electron chi connectivity index (χ1n) is 9.37. The van der Waals surface area contributed by atoms with Crippen LogP contribution in [-0.2, 0) is 30.9 Å². The highest BCUT2D eigenvalue weighted by atomic mass is 19.4. The lowest BCUT2D eigenvalue weighted by molar-refractivity contribution is -0.136. The van der Waals surface area contributed by atoms with Gasteiger partial charge in [0.1, 0.15) is 5.60 Å². The fourth-order valence-corrected chi connectivity index (χ4v) is 3.28. The summed E-state index contributed by atoms with van der Waals surface area (Å²) in [6.07, 6.45) is -4.68. The summed E-state index contributed by atoms with van der Waals surface area (Å²) in [6.45, 7) is 5.73. The number of ether oxygens (including phenoxy) is 1. The first kappa shape index (κ1) is 21.7. The highest BCUT2D eigenvalue weighted by Crippen LogP contribution is 2.35. The summed E-state index contributed by atoms with van der Waals surface area (Å²) in [7, 11) is 1.66. The highest BCUT2D eigenvalue weighted by Gasteiger charge is 2.35. The highest BCUT2D eigenvalue weighted by molar-refractivity contribution is 6.04. The molecular formula is C20H23F3N4O3. The molecule has 2 amide bonds. The van der Waals surface area contributed by atoms with Crippen LogP contribution in [0.4, 0.5) is 23.7 Å². The van der Waals surface area contributed by atoms with Crippen LogP contribution in [0, 0.1) is 0 Å². The van der Waals surface area contributed by atoms with Crippen LogP contribution in [0.2, 0.25) is 0 Å². The van der Waals surface area contributed by atoms with E-state index < -0.39 is 29.3 Å². The van der Waals surface area contributed by atoms with E-state index in [2.05, 4.69) is 10.4 Å². The van der Waals surface area contributed by atoms with Crippen molar-refractivity contribution in [3.8, 4) is 0 Å². The van der Waals surface area contributed by atoms with E-state index in [0.29, 0.717) is 18.5 Å². The van der Waals surface area contributed by atoms with Crippen molar-refractivity contribution in [1.82, 2.24) is 14.7 Å². The molecule has 1 aliphatic rings. The third-order valence-corrected chi connectivity index (χ3v) is 4.59. The largest absolute Gasteiger partial charge is 0.444 e. The van der Waals surface area contributed by atoms with Crippen LogP contribution in [0.15, 0.2) is 24.3 Å². The number of hydrogen-bond acceptors (Lipinski definition) is 4. The molecule has 0 atom stereocenters. The van der Waals surface area contributed by atoms with E-state index in [1.54, 1.807) is 27.8 Å². The fraction of sp³-hybridized carbons (Fsp3) is 0.450. The van der Waals surface area contributed by atoms with Crippen LogP contribution in [0.1, 0.15) is 48.1 Å². The molecule has 3 rings (SSSR count). The minimum Gasteiger partial charge on any atom is -0.444 e. The molecule has 0 spiro atoms. The maximum absolute atomic E-state index is 13.2. The lowest BCUT2D eigenvalue weighted by atomic mass is 10.0. The van der Waals surface area contributed by atoms with Crippen LogP contribution in [0.5, 0.6) is 0 Å². The molecule has 2 heterocycles. The van der Waals surface area contributed by atoms with Gasteiger partial charge in [-0.1, -0.05) is 12.1 Å². The van der Waals surface area contributed by atoms with Gasteiger partial charge in [0, 0.05) is 31.3 Å². The number of carbonyl (C=O) groups is 2. The molecule has 0 fully saturated rings. The smallest absolute Gasteiger partial charge is 0.418 e. The van der Waals surface area contributed by atoms with Crippen molar-refractivity contribution in [1.29, 1.82) is 0 Å². The maximum Gasteiger partial charge on any atom is 0.418 e. The Bertz CT molecular complexity index is 977. The van der Waals surface area contributed by atoms with Crippen LogP contribution < -0.4 is 5.32 Å². The summed E-state index contributed by atoms with van der Waals surface area (Å²) in [5, 5.41) is 6.50. The zero-order chi connectivity index (χ0) is 22.3. The van der Waals surface area contributed by atoms with Gasteiger partial charge in [-0.05, 0) is 32.9 Å². The number of nitrogens with zero attached hydrogens (tertiary/aromatic N) is 3. The number of nitrogens with one attached hydrogen (secondary N) is 1. The van der Waals surface area contributed by atoms with Gasteiger partial charge in [0.05, 0.1) is 17.8 Å². The molecule has 0 radical (unpaired) electrons. The van der Waals surface area contributed by atoms with Crippen molar-refractivity contribution in [2.24, 2.45) is 7.05 Å². The van der Waals surface area contributed by atoms with E-state index in [-0.39, 0.29) is 17.9 Å². The topological polar surface area (TPSA) is 76.5 Å². The quantitative estimate of drug-likeness (QED) is 0.791. The standard InChI is InChI=1S/C20H23F3N4O3/c1-19(2,3)30-18(29)27-10-9-15-12(11-27)16(25-26(15)4)17(28)24-14-8-6-5-7-13(14)20(21,22)23/h5-8H,9-11H2,1-4H3,(H,24,28). The van der Waals surface area contributed by atoms with Gasteiger partial charge in [-0.25, -0.2) is 4.79 Å². The third kappa shape index (κ3) is 4.58. The predicted molar refractivity (Wildman–Crippen MR) is 103 cm³/mol. The molecule has 1 aliphatic heterocycles. The van der Waals surface area contributed by atoms with Gasteiger partial charge in [-0.3, -0.25) is 9.48 Å². The maximum atomic E-state index is 13.2. The Morgan fingerprint density at radius 2 is 1.83 bits per heavy atom. The van der Waals surface area contributed by atoms with Crippen LogP contribution in [-0.4, -0.2) is 38.8 Å². The average Bonchev–Trinajstić information content (AvgIpc) is 2.96. The number of aryl methyl sites for hydroxylation is 1. The second-order valence-electron chi connectivity index (χ2n) is 8.05. The van der Waals surface area contributed by atoms with Gasteiger partial charge in [-0.2, -0.15) is 18.3 Å². The summed E-state index contributed by atoms with van der Waals surface area (Å²) < 4.78 is 46.6. The van der Waals surface area contributed by atoms with E-state index in [0.717, 1.165) is 11.8 Å². The molecule has 0 bridgehead atoms. The Morgan fingerprint density at radius 3 is 2.47 bits per heavy atom. The molecule has 7 nitrogen and oxygen atoms in total. The van der Waals surface area contributed by atoms with Crippen molar-refractivity contribution in [2.45, 2.75) is 45.5 Å². The minimum atomic E-state index is -4.61. The molecule has 1 aromatic heterocycles. The molecule has 162 valence electrons. The summed E-state index contributed by atoms with van der Waals surface area (Å²) in [6, 6.07) is 4.74. The number of hydrogen-bond donors (Lipinski definition) is 1. The van der Waals surface area contributed by atoms with Gasteiger partial charge < -0.3 is 15.0 Å². The van der Waals surface area contributed by atoms with Gasteiger partial charge in [0.25, 0.3) is 5.91 Å². The zero-order valence-corrected chi connectivity index (χ0v) is 17.1. The molecule has 0 aliphatic carbocycles. The summed E-state index contributed by atoms with van der Waals surface area (Å²) >= 11 is 0. The normalized spacial score (nSPS) is 14.3. The van der Waals surface area contributed by atoms with Gasteiger partial charge in [0.2, 0.25) is 0 Å². The Morgan fingerprint density at radius 1 is 1.17 bits per heavy atom. The van der Waals surface area contributed by atoms with Crippen LogP contribution in [0.25, 0.3) is 0 Å². The lowest BCUT2D eigenvalue weighted by Gasteiger charge is -2.30. The molecule has 0 saturated heterocycles. The molecule has 2 aromatic rings. The molecule has 10 heteroatoms. The summed E-state index contributed by atoms with van der Waals surface area (Å²) in [5.74, 6) is -0.769. The zero-order valence-electron chi connectivity index (χ0n) is 17.1. The third-order valence-electron chi connectivity index (χ3n) is 4.59. The molecule has 1 N–H and O–H groups in total. The SMILES string of the molecule is Cn1nc(C(=O)Nc2ccccc2C(F)(F)F)c2c1CCN(C(=O)OC(C)(C)C)C2. The van der Waals surface area contributed by atoms with E-state index >= 15 is 0 Å². The van der Waals surface area contributed by atoms with Gasteiger partial charge in [-0.15, -0.1) is 0 Å².